The minimum Gasteiger partial charge on any atom is -0.465 e. The fraction of sp³-hybridized carbons (Fsp3) is 0.462. The summed E-state index contributed by atoms with van der Waals surface area (Å²) in [6.45, 7) is 6.27. The number of ether oxygens (including phenoxy) is 1. The smallest absolute Gasteiger partial charge is 0.337 e. The van der Waals surface area contributed by atoms with Gasteiger partial charge in [0.15, 0.2) is 0 Å². The zero-order valence-electron chi connectivity index (χ0n) is 10.7. The second-order valence-electron chi connectivity index (χ2n) is 4.96. The van der Waals surface area contributed by atoms with Gasteiger partial charge in [-0.2, -0.15) is 0 Å². The average molecular weight is 258 g/mol. The van der Waals surface area contributed by atoms with E-state index in [0.717, 1.165) is 5.56 Å². The summed E-state index contributed by atoms with van der Waals surface area (Å²) in [5.41, 5.74) is 7.70. The molecule has 17 heavy (non-hydrogen) atoms. The molecule has 0 saturated heterocycles. The highest BCUT2D eigenvalue weighted by molar-refractivity contribution is 5.89. The minimum absolute atomic E-state index is 0. The monoisotopic (exact) mass is 257 g/mol. The van der Waals surface area contributed by atoms with E-state index in [2.05, 4.69) is 25.5 Å². The van der Waals surface area contributed by atoms with Gasteiger partial charge in [-0.25, -0.2) is 4.79 Å². The zero-order chi connectivity index (χ0) is 12.3. The van der Waals surface area contributed by atoms with Crippen molar-refractivity contribution in [3.05, 3.63) is 35.4 Å². The third-order valence-electron chi connectivity index (χ3n) is 2.62. The van der Waals surface area contributed by atoms with E-state index in [9.17, 15) is 4.79 Å². The Morgan fingerprint density at radius 3 is 2.06 bits per heavy atom. The third-order valence-corrected chi connectivity index (χ3v) is 2.62. The molecule has 1 aromatic rings. The molecule has 2 N–H and O–H groups in total. The molecule has 4 heteroatoms. The number of hydrogen-bond acceptors (Lipinski definition) is 3. The summed E-state index contributed by atoms with van der Waals surface area (Å²) in [6, 6.07) is 7.20. The maximum absolute atomic E-state index is 11.2. The van der Waals surface area contributed by atoms with Crippen LogP contribution in [0.5, 0.6) is 0 Å². The van der Waals surface area contributed by atoms with E-state index in [1.807, 2.05) is 12.1 Å². The van der Waals surface area contributed by atoms with Gasteiger partial charge in [0, 0.05) is 6.04 Å². The molecule has 0 spiro atoms. The molecule has 0 aliphatic rings. The number of hydrogen-bond donors (Lipinski definition) is 1. The summed E-state index contributed by atoms with van der Waals surface area (Å²) < 4.78 is 4.63. The van der Waals surface area contributed by atoms with Gasteiger partial charge in [-0.15, -0.1) is 12.4 Å². The van der Waals surface area contributed by atoms with Crippen LogP contribution in [0.3, 0.4) is 0 Å². The average Bonchev–Trinajstić information content (AvgIpc) is 2.26. The highest BCUT2D eigenvalue weighted by Crippen LogP contribution is 2.30. The summed E-state index contributed by atoms with van der Waals surface area (Å²) >= 11 is 0. The molecule has 96 valence electrons. The zero-order valence-corrected chi connectivity index (χ0v) is 11.5. The minimum atomic E-state index is -0.323. The van der Waals surface area contributed by atoms with Crippen molar-refractivity contribution < 1.29 is 9.53 Å². The van der Waals surface area contributed by atoms with Crippen molar-refractivity contribution >= 4 is 18.4 Å². The van der Waals surface area contributed by atoms with Crippen molar-refractivity contribution in [3.63, 3.8) is 0 Å². The highest BCUT2D eigenvalue weighted by Gasteiger charge is 2.22. The first-order valence-electron chi connectivity index (χ1n) is 5.30. The van der Waals surface area contributed by atoms with E-state index in [1.54, 1.807) is 12.1 Å². The first-order valence-corrected chi connectivity index (χ1v) is 5.30. The molecule has 0 heterocycles. The highest BCUT2D eigenvalue weighted by atomic mass is 35.5. The van der Waals surface area contributed by atoms with Crippen molar-refractivity contribution in [2.45, 2.75) is 26.8 Å². The predicted molar refractivity (Wildman–Crippen MR) is 71.4 cm³/mol. The first-order chi connectivity index (χ1) is 7.36. The lowest BCUT2D eigenvalue weighted by molar-refractivity contribution is 0.0600. The largest absolute Gasteiger partial charge is 0.465 e. The van der Waals surface area contributed by atoms with Crippen molar-refractivity contribution in [2.24, 2.45) is 11.1 Å². The van der Waals surface area contributed by atoms with E-state index in [-0.39, 0.29) is 29.8 Å². The Balaban J connectivity index is 0.00000256. The van der Waals surface area contributed by atoms with Crippen LogP contribution in [0.1, 0.15) is 42.7 Å². The Bertz CT molecular complexity index is 368. The molecule has 0 unspecified atom stereocenters. The second-order valence-corrected chi connectivity index (χ2v) is 4.96. The number of benzene rings is 1. The Hall–Kier alpha value is -1.06. The Morgan fingerprint density at radius 1 is 1.24 bits per heavy atom. The van der Waals surface area contributed by atoms with Gasteiger partial charge >= 0.3 is 5.97 Å². The van der Waals surface area contributed by atoms with Crippen LogP contribution in [0.4, 0.5) is 0 Å². The normalized spacial score (nSPS) is 12.5. The number of halogens is 1. The fourth-order valence-corrected chi connectivity index (χ4v) is 1.44. The van der Waals surface area contributed by atoms with Gasteiger partial charge in [-0.05, 0) is 23.1 Å². The third kappa shape index (κ3) is 4.02. The summed E-state index contributed by atoms with van der Waals surface area (Å²) in [4.78, 5) is 11.2. The molecule has 0 aromatic heterocycles. The molecule has 1 aromatic carbocycles. The van der Waals surface area contributed by atoms with Gasteiger partial charge in [0.25, 0.3) is 0 Å². The van der Waals surface area contributed by atoms with Gasteiger partial charge in [0.1, 0.15) is 0 Å². The number of esters is 1. The van der Waals surface area contributed by atoms with E-state index in [4.69, 9.17) is 5.73 Å². The topological polar surface area (TPSA) is 52.3 Å². The van der Waals surface area contributed by atoms with Crippen molar-refractivity contribution in [2.75, 3.05) is 7.11 Å². The van der Waals surface area contributed by atoms with E-state index in [1.165, 1.54) is 7.11 Å². The molecule has 0 aliphatic carbocycles. The van der Waals surface area contributed by atoms with Crippen LogP contribution in [0, 0.1) is 5.41 Å². The maximum Gasteiger partial charge on any atom is 0.337 e. The van der Waals surface area contributed by atoms with E-state index >= 15 is 0 Å². The lowest BCUT2D eigenvalue weighted by atomic mass is 9.83. The lowest BCUT2D eigenvalue weighted by Gasteiger charge is -2.27. The summed E-state index contributed by atoms with van der Waals surface area (Å²) in [6.07, 6.45) is 0. The molecule has 1 rings (SSSR count). The standard InChI is InChI=1S/C13H19NO2.ClH/c1-13(2,3)11(14)9-5-7-10(8-6-9)12(15)16-4;/h5-8,11H,14H2,1-4H3;1H/t11-;/m1./s1. The predicted octanol–water partition coefficient (Wildman–Crippen LogP) is 2.94. The summed E-state index contributed by atoms with van der Waals surface area (Å²) in [5, 5.41) is 0. The number of methoxy groups -OCH3 is 1. The van der Waals surface area contributed by atoms with Gasteiger partial charge in [0.2, 0.25) is 0 Å². The molecule has 0 aliphatic heterocycles. The maximum atomic E-state index is 11.2. The number of rotatable bonds is 2. The Labute approximate surface area is 109 Å². The van der Waals surface area contributed by atoms with Crippen molar-refractivity contribution in [1.29, 1.82) is 0 Å². The van der Waals surface area contributed by atoms with Crippen LogP contribution in [0.15, 0.2) is 24.3 Å². The number of carbonyl (C=O) groups is 1. The first kappa shape index (κ1) is 15.9. The van der Waals surface area contributed by atoms with E-state index < -0.39 is 0 Å². The quantitative estimate of drug-likeness (QED) is 0.829. The van der Waals surface area contributed by atoms with Crippen molar-refractivity contribution in [3.8, 4) is 0 Å². The summed E-state index contributed by atoms with van der Waals surface area (Å²) in [7, 11) is 1.37. The molecule has 0 saturated carbocycles. The van der Waals surface area contributed by atoms with Crippen LogP contribution >= 0.6 is 12.4 Å². The van der Waals surface area contributed by atoms with Crippen LogP contribution in [-0.4, -0.2) is 13.1 Å². The van der Waals surface area contributed by atoms with Crippen LogP contribution in [0.2, 0.25) is 0 Å². The second kappa shape index (κ2) is 6.03. The Morgan fingerprint density at radius 2 is 1.71 bits per heavy atom. The molecule has 3 nitrogen and oxygen atoms in total. The van der Waals surface area contributed by atoms with Crippen molar-refractivity contribution in [1.82, 2.24) is 0 Å². The SMILES string of the molecule is COC(=O)c1ccc([C@@H](N)C(C)(C)C)cc1.Cl. The van der Waals surface area contributed by atoms with Crippen LogP contribution in [-0.2, 0) is 4.74 Å². The van der Waals surface area contributed by atoms with Crippen LogP contribution in [0.25, 0.3) is 0 Å². The Kier molecular flexibility index (Phi) is 5.66. The van der Waals surface area contributed by atoms with Gasteiger partial charge in [-0.1, -0.05) is 32.9 Å². The molecule has 0 amide bonds. The molecule has 0 fully saturated rings. The van der Waals surface area contributed by atoms with E-state index in [0.29, 0.717) is 5.56 Å². The van der Waals surface area contributed by atoms with Gasteiger partial charge in [-0.3, -0.25) is 0 Å². The van der Waals surface area contributed by atoms with Crippen LogP contribution < -0.4 is 5.73 Å². The molecular weight excluding hydrogens is 238 g/mol. The molecule has 1 atom stereocenters. The molecule has 0 bridgehead atoms. The van der Waals surface area contributed by atoms with Gasteiger partial charge in [0.05, 0.1) is 12.7 Å². The molecule has 0 radical (unpaired) electrons. The number of carbonyl (C=O) groups excluding carboxylic acids is 1. The lowest BCUT2D eigenvalue weighted by Crippen LogP contribution is -2.26. The fourth-order valence-electron chi connectivity index (χ4n) is 1.44. The summed E-state index contributed by atoms with van der Waals surface area (Å²) in [5.74, 6) is -0.323. The van der Waals surface area contributed by atoms with Gasteiger partial charge < -0.3 is 10.5 Å². The molecular formula is C13H20ClNO2. The number of nitrogens with two attached hydrogens (primary N) is 1.